The van der Waals surface area contributed by atoms with Gasteiger partial charge in [-0.2, -0.15) is 7.11 Å². The molecule has 0 saturated carbocycles. The predicted molar refractivity (Wildman–Crippen MR) is 74.0 cm³/mol. The zero-order valence-corrected chi connectivity index (χ0v) is 16.0. The summed E-state index contributed by atoms with van der Waals surface area (Å²) in [5.41, 5.74) is 0.234. The average Bonchev–Trinajstić information content (AvgIpc) is 2.77. The van der Waals surface area contributed by atoms with Crippen LogP contribution in [0.4, 0.5) is 0 Å². The third-order valence-corrected chi connectivity index (χ3v) is 4.37. The van der Waals surface area contributed by atoms with Crippen LogP contribution in [0.15, 0.2) is 4.21 Å². The van der Waals surface area contributed by atoms with Crippen LogP contribution in [0.2, 0.25) is 0 Å². The molecule has 1 aromatic heterocycles. The van der Waals surface area contributed by atoms with Crippen LogP contribution >= 0.6 is 23.1 Å². The first-order valence-electron chi connectivity index (χ1n) is 5.57. The molecule has 1 rings (SSSR count). The summed E-state index contributed by atoms with van der Waals surface area (Å²) < 4.78 is 15.5. The summed E-state index contributed by atoms with van der Waals surface area (Å²) in [6.45, 7) is 3.91. The Bertz CT molecular complexity index is 473. The van der Waals surface area contributed by atoms with E-state index >= 15 is 0 Å². The standard InChI is InChI=1S/C12H15O5S2.Y/c1-5-16-10(13)7-8(15-3)9(11(14)17-6-2)19-12(7)18-4;/h3,5-6H2,1-2,4H3;/q-1;. The van der Waals surface area contributed by atoms with Gasteiger partial charge in [0.1, 0.15) is 11.3 Å². The molecule has 0 aliphatic heterocycles. The summed E-state index contributed by atoms with van der Waals surface area (Å²) in [5, 5.41) is 0. The summed E-state index contributed by atoms with van der Waals surface area (Å²) >= 11 is 2.47. The van der Waals surface area contributed by atoms with Gasteiger partial charge >= 0.3 is 11.9 Å². The van der Waals surface area contributed by atoms with Crippen molar-refractivity contribution in [1.29, 1.82) is 0 Å². The minimum atomic E-state index is -0.531. The van der Waals surface area contributed by atoms with Gasteiger partial charge in [0, 0.05) is 32.7 Å². The smallest absolute Gasteiger partial charge is 0.352 e. The van der Waals surface area contributed by atoms with Gasteiger partial charge in [0.15, 0.2) is 4.88 Å². The fraction of sp³-hybridized carbons (Fsp3) is 0.417. The third-order valence-electron chi connectivity index (χ3n) is 2.10. The molecule has 0 aromatic carbocycles. The van der Waals surface area contributed by atoms with Crippen molar-refractivity contribution in [3.63, 3.8) is 0 Å². The van der Waals surface area contributed by atoms with Crippen LogP contribution in [0.1, 0.15) is 33.9 Å². The van der Waals surface area contributed by atoms with E-state index in [9.17, 15) is 9.59 Å². The van der Waals surface area contributed by atoms with Gasteiger partial charge in [-0.3, -0.25) is 0 Å². The van der Waals surface area contributed by atoms with E-state index in [1.165, 1.54) is 11.8 Å². The molecule has 0 spiro atoms. The molecule has 1 heterocycles. The van der Waals surface area contributed by atoms with Crippen molar-refractivity contribution in [2.75, 3.05) is 19.5 Å². The van der Waals surface area contributed by atoms with Crippen molar-refractivity contribution in [2.45, 2.75) is 18.1 Å². The number of esters is 2. The molecule has 0 aliphatic carbocycles. The molecule has 0 bridgehead atoms. The van der Waals surface area contributed by atoms with Crippen LogP contribution in [0.3, 0.4) is 0 Å². The van der Waals surface area contributed by atoms with E-state index in [0.717, 1.165) is 11.3 Å². The summed E-state index contributed by atoms with van der Waals surface area (Å²) in [4.78, 5) is 23.9. The van der Waals surface area contributed by atoms with E-state index in [1.54, 1.807) is 20.1 Å². The van der Waals surface area contributed by atoms with Crippen molar-refractivity contribution in [3.05, 3.63) is 17.6 Å². The van der Waals surface area contributed by atoms with Gasteiger partial charge in [0.05, 0.1) is 17.4 Å². The molecule has 8 heteroatoms. The maximum Gasteiger partial charge on any atom is 0.352 e. The molecule has 0 saturated heterocycles. The monoisotopic (exact) mass is 392 g/mol. The molecule has 1 radical (unpaired) electrons. The Balaban J connectivity index is 0.00000361. The van der Waals surface area contributed by atoms with Gasteiger partial charge in [-0.05, 0) is 20.1 Å². The quantitative estimate of drug-likeness (QED) is 0.422. The zero-order valence-electron chi connectivity index (χ0n) is 11.6. The molecule has 0 fully saturated rings. The summed E-state index contributed by atoms with van der Waals surface area (Å²) in [7, 11) is 3.29. The van der Waals surface area contributed by atoms with Gasteiger partial charge in [0.2, 0.25) is 0 Å². The maximum atomic E-state index is 11.9. The van der Waals surface area contributed by atoms with E-state index < -0.39 is 11.9 Å². The second-order valence-corrected chi connectivity index (χ2v) is 5.31. The largest absolute Gasteiger partial charge is 0.664 e. The van der Waals surface area contributed by atoms with Crippen LogP contribution in [-0.4, -0.2) is 31.4 Å². The first-order chi connectivity index (χ1) is 9.10. The molecule has 20 heavy (non-hydrogen) atoms. The Morgan fingerprint density at radius 1 is 1.20 bits per heavy atom. The third kappa shape index (κ3) is 4.45. The predicted octanol–water partition coefficient (Wildman–Crippen LogP) is 2.99. The average molecular weight is 392 g/mol. The molecule has 5 nitrogen and oxygen atoms in total. The van der Waals surface area contributed by atoms with Crippen LogP contribution in [-0.2, 0) is 42.2 Å². The minimum Gasteiger partial charge on any atom is -0.664 e. The summed E-state index contributed by atoms with van der Waals surface area (Å²) in [6.07, 6.45) is 1.80. The number of ether oxygens (including phenoxy) is 3. The van der Waals surface area contributed by atoms with Gasteiger partial charge in [-0.25, -0.2) is 9.59 Å². The van der Waals surface area contributed by atoms with E-state index in [1.807, 2.05) is 0 Å². The topological polar surface area (TPSA) is 61.8 Å². The number of carbonyl (C=O) groups excluding carboxylic acids is 2. The van der Waals surface area contributed by atoms with E-state index in [4.69, 9.17) is 14.2 Å². The van der Waals surface area contributed by atoms with Crippen molar-refractivity contribution in [1.82, 2.24) is 0 Å². The number of hydrogen-bond acceptors (Lipinski definition) is 7. The van der Waals surface area contributed by atoms with Crippen molar-refractivity contribution in [3.8, 4) is 5.75 Å². The Morgan fingerprint density at radius 3 is 2.20 bits per heavy atom. The van der Waals surface area contributed by atoms with E-state index in [2.05, 4.69) is 7.11 Å². The number of thiophene rings is 1. The second kappa shape index (κ2) is 9.76. The van der Waals surface area contributed by atoms with Crippen LogP contribution in [0.5, 0.6) is 5.75 Å². The molecule has 0 aliphatic rings. The first-order valence-corrected chi connectivity index (χ1v) is 7.61. The summed E-state index contributed by atoms with van der Waals surface area (Å²) in [6, 6.07) is 0. The maximum absolute atomic E-state index is 11.9. The van der Waals surface area contributed by atoms with E-state index in [-0.39, 0.29) is 62.1 Å². The molecule has 109 valence electrons. The Kier molecular flexibility index (Phi) is 9.71. The normalized spacial score (nSPS) is 9.60. The van der Waals surface area contributed by atoms with Crippen LogP contribution < -0.4 is 4.74 Å². The van der Waals surface area contributed by atoms with Crippen molar-refractivity contribution in [2.24, 2.45) is 0 Å². The Labute approximate surface area is 151 Å². The Morgan fingerprint density at radius 2 is 1.75 bits per heavy atom. The fourth-order valence-electron chi connectivity index (χ4n) is 1.39. The molecule has 0 N–H and O–H groups in total. The second-order valence-electron chi connectivity index (χ2n) is 3.21. The summed E-state index contributed by atoms with van der Waals surface area (Å²) in [5.74, 6) is -0.944. The van der Waals surface area contributed by atoms with Gasteiger partial charge in [-0.15, -0.1) is 23.1 Å². The molecule has 0 atom stereocenters. The van der Waals surface area contributed by atoms with Crippen molar-refractivity contribution < 1.29 is 56.5 Å². The molecule has 1 aromatic rings. The molecular formula is C12H15O5S2Y-. The molecular weight excluding hydrogens is 377 g/mol. The van der Waals surface area contributed by atoms with E-state index in [0.29, 0.717) is 4.21 Å². The number of rotatable bonds is 6. The SMILES string of the molecule is [CH2-]Oc1c(C(=O)OCC)sc(SC)c1C(=O)OCC.[Y]. The van der Waals surface area contributed by atoms with Crippen molar-refractivity contribution >= 4 is 35.0 Å². The number of thioether (sulfide) groups is 1. The minimum absolute atomic E-state index is 0. The molecule has 0 unspecified atom stereocenters. The van der Waals surface area contributed by atoms with Gasteiger partial charge in [-0.1, -0.05) is 0 Å². The van der Waals surface area contributed by atoms with Gasteiger partial charge in [0.25, 0.3) is 0 Å². The number of carbonyl (C=O) groups is 2. The number of hydrogen-bond donors (Lipinski definition) is 0. The van der Waals surface area contributed by atoms with Gasteiger partial charge < -0.3 is 14.2 Å². The molecule has 0 amide bonds. The zero-order chi connectivity index (χ0) is 14.4. The Hall–Kier alpha value is -0.106. The van der Waals surface area contributed by atoms with Crippen LogP contribution in [0, 0.1) is 7.11 Å². The van der Waals surface area contributed by atoms with Crippen LogP contribution in [0.25, 0.3) is 0 Å². The fourth-order valence-corrected chi connectivity index (χ4v) is 3.21. The first kappa shape index (κ1) is 19.9.